The highest BCUT2D eigenvalue weighted by atomic mass is 32.3. The number of aliphatic carboxylic acids is 1. The highest BCUT2D eigenvalue weighted by Gasteiger charge is 2.31. The zero-order valence-electron chi connectivity index (χ0n) is 12.6. The Morgan fingerprint density at radius 1 is 1.43 bits per heavy atom. The lowest BCUT2D eigenvalue weighted by molar-refractivity contribution is -0.150. The molecule has 3 N–H and O–H groups in total. The van der Waals surface area contributed by atoms with Crippen molar-refractivity contribution in [1.82, 2.24) is 9.55 Å². The normalized spacial score (nSPS) is 18.0. The van der Waals surface area contributed by atoms with Crippen LogP contribution in [-0.2, 0) is 30.0 Å². The summed E-state index contributed by atoms with van der Waals surface area (Å²) in [5.41, 5.74) is 5.95. The lowest BCUT2D eigenvalue weighted by Crippen LogP contribution is -2.28. The van der Waals surface area contributed by atoms with E-state index in [-0.39, 0.29) is 0 Å². The molecule has 1 aliphatic carbocycles. The quantitative estimate of drug-likeness (QED) is 0.697. The molecule has 10 heteroatoms. The van der Waals surface area contributed by atoms with Gasteiger partial charge in [0.2, 0.25) is 0 Å². The topological polar surface area (TPSA) is 134 Å². The highest BCUT2D eigenvalue weighted by molar-refractivity contribution is 7.81. The van der Waals surface area contributed by atoms with E-state index >= 15 is 0 Å². The third kappa shape index (κ3) is 5.27. The Labute approximate surface area is 134 Å². The summed E-state index contributed by atoms with van der Waals surface area (Å²) in [5, 5.41) is 9.22. The van der Waals surface area contributed by atoms with Crippen molar-refractivity contribution in [1.29, 1.82) is 0 Å². The van der Waals surface area contributed by atoms with E-state index in [0.717, 1.165) is 23.8 Å². The van der Waals surface area contributed by atoms with Crippen LogP contribution in [0.15, 0.2) is 12.5 Å². The fourth-order valence-corrected chi connectivity index (χ4v) is 3.44. The molecule has 0 aromatic carbocycles. The van der Waals surface area contributed by atoms with Crippen LogP contribution >= 0.6 is 0 Å². The first kappa shape index (κ1) is 17.9. The first-order valence-corrected chi connectivity index (χ1v) is 8.81. The summed E-state index contributed by atoms with van der Waals surface area (Å²) >= 11 is 0. The summed E-state index contributed by atoms with van der Waals surface area (Å²) in [7, 11) is -4.43. The zero-order chi connectivity index (χ0) is 16.9. The summed E-state index contributed by atoms with van der Waals surface area (Å²) in [6.45, 7) is 0.346. The zero-order valence-corrected chi connectivity index (χ0v) is 13.4. The van der Waals surface area contributed by atoms with Crippen molar-refractivity contribution in [2.24, 2.45) is 5.73 Å². The second-order valence-electron chi connectivity index (χ2n) is 5.40. The van der Waals surface area contributed by atoms with E-state index in [1.807, 2.05) is 0 Å². The average Bonchev–Trinajstić information content (AvgIpc) is 2.94. The minimum atomic E-state index is -4.43. The Kier molecular flexibility index (Phi) is 6.10. The number of imidazole rings is 1. The van der Waals surface area contributed by atoms with Crippen LogP contribution in [0, 0.1) is 0 Å². The molecular formula is C13H21N3O6S. The van der Waals surface area contributed by atoms with Gasteiger partial charge in [0.1, 0.15) is 0 Å². The lowest BCUT2D eigenvalue weighted by Gasteiger charge is -2.22. The third-order valence-electron chi connectivity index (χ3n) is 3.55. The number of carboxylic acid groups (broad SMARTS) is 1. The van der Waals surface area contributed by atoms with Crippen molar-refractivity contribution in [2.45, 2.75) is 50.9 Å². The van der Waals surface area contributed by atoms with Crippen LogP contribution in [0.1, 0.15) is 44.0 Å². The number of carbonyl (C=O) groups is 1. The Morgan fingerprint density at radius 2 is 2.13 bits per heavy atom. The van der Waals surface area contributed by atoms with Crippen LogP contribution in [0.3, 0.4) is 0 Å². The van der Waals surface area contributed by atoms with E-state index in [4.69, 9.17) is 14.1 Å². The molecule has 1 saturated carbocycles. The maximum atomic E-state index is 12.0. The molecule has 1 aliphatic rings. The molecular weight excluding hydrogens is 326 g/mol. The van der Waals surface area contributed by atoms with Gasteiger partial charge in [0.15, 0.2) is 0 Å². The second-order valence-corrected chi connectivity index (χ2v) is 6.60. The number of rotatable bonds is 8. The largest absolute Gasteiger partial charge is 0.478 e. The average molecular weight is 347 g/mol. The van der Waals surface area contributed by atoms with Gasteiger partial charge in [-0.25, -0.2) is 18.1 Å². The van der Waals surface area contributed by atoms with Crippen LogP contribution in [0.2, 0.25) is 0 Å². The Hall–Kier alpha value is -1.49. The summed E-state index contributed by atoms with van der Waals surface area (Å²) < 4.78 is 34.7. The summed E-state index contributed by atoms with van der Waals surface area (Å²) in [6, 6.07) is 0. The number of nitrogens with two attached hydrogens (primary N) is 1. The van der Waals surface area contributed by atoms with E-state index < -0.39 is 28.7 Å². The minimum absolute atomic E-state index is 0.346. The molecule has 0 aliphatic heterocycles. The van der Waals surface area contributed by atoms with Gasteiger partial charge in [0.25, 0.3) is 6.23 Å². The van der Waals surface area contributed by atoms with Gasteiger partial charge in [-0.15, -0.1) is 0 Å². The molecule has 1 atom stereocenters. The molecule has 2 rings (SSSR count). The maximum absolute atomic E-state index is 12.0. The minimum Gasteiger partial charge on any atom is -0.478 e. The fraction of sp³-hybridized carbons (Fsp3) is 0.692. The van der Waals surface area contributed by atoms with Gasteiger partial charge in [-0.2, -0.15) is 8.42 Å². The van der Waals surface area contributed by atoms with E-state index in [2.05, 4.69) is 4.98 Å². The van der Waals surface area contributed by atoms with Crippen molar-refractivity contribution in [3.05, 3.63) is 18.2 Å². The van der Waals surface area contributed by atoms with Gasteiger partial charge in [-0.1, -0.05) is 19.3 Å². The van der Waals surface area contributed by atoms with E-state index in [1.165, 1.54) is 12.5 Å². The molecule has 9 nitrogen and oxygen atoms in total. The van der Waals surface area contributed by atoms with Crippen molar-refractivity contribution in [2.75, 3.05) is 6.54 Å². The van der Waals surface area contributed by atoms with Crippen molar-refractivity contribution in [3.63, 3.8) is 0 Å². The van der Waals surface area contributed by atoms with Crippen molar-refractivity contribution in [3.8, 4) is 0 Å². The monoisotopic (exact) mass is 347 g/mol. The van der Waals surface area contributed by atoms with Gasteiger partial charge in [0.05, 0.1) is 18.1 Å². The fourth-order valence-electron chi connectivity index (χ4n) is 2.47. The van der Waals surface area contributed by atoms with Crippen molar-refractivity contribution < 1.29 is 26.7 Å². The smallest absolute Gasteiger partial charge is 0.402 e. The van der Waals surface area contributed by atoms with Gasteiger partial charge in [-0.05, 0) is 19.4 Å². The molecule has 23 heavy (non-hydrogen) atoms. The molecule has 0 spiro atoms. The Balaban J connectivity index is 2.06. The Morgan fingerprint density at radius 3 is 2.74 bits per heavy atom. The summed E-state index contributed by atoms with van der Waals surface area (Å²) in [5.74, 6) is -1.46. The lowest BCUT2D eigenvalue weighted by atomic mass is 9.98. The van der Waals surface area contributed by atoms with E-state index in [1.54, 1.807) is 0 Å². The number of aromatic nitrogens is 2. The molecule has 0 amide bonds. The SMILES string of the molecule is NCCc1cn(C(OS(=O)(=O)OC2CCCCC2)C(=O)O)cn1. The molecule has 1 aromatic heterocycles. The molecule has 0 radical (unpaired) electrons. The third-order valence-corrected chi connectivity index (χ3v) is 4.48. The summed E-state index contributed by atoms with van der Waals surface area (Å²) in [4.78, 5) is 15.3. The number of hydrogen-bond donors (Lipinski definition) is 2. The molecule has 1 aromatic rings. The maximum Gasteiger partial charge on any atom is 0.402 e. The molecule has 0 saturated heterocycles. The molecule has 1 fully saturated rings. The van der Waals surface area contributed by atoms with Crippen LogP contribution in [-0.4, -0.2) is 41.7 Å². The van der Waals surface area contributed by atoms with Gasteiger partial charge >= 0.3 is 16.4 Å². The van der Waals surface area contributed by atoms with Crippen LogP contribution < -0.4 is 5.73 Å². The number of hydrogen-bond acceptors (Lipinski definition) is 7. The van der Waals surface area contributed by atoms with Crippen LogP contribution in [0.25, 0.3) is 0 Å². The van der Waals surface area contributed by atoms with E-state index in [9.17, 15) is 18.3 Å². The standard InChI is InChI=1S/C13H21N3O6S/c14-7-6-10-8-16(9-15-10)12(13(17)18)22-23(19,20)21-11-4-2-1-3-5-11/h8-9,11-12H,1-7,14H2,(H,17,18). The number of carboxylic acids is 1. The number of nitrogens with zero attached hydrogens (tertiary/aromatic N) is 2. The molecule has 1 heterocycles. The Bertz CT molecular complexity index is 623. The van der Waals surface area contributed by atoms with Gasteiger partial charge < -0.3 is 15.4 Å². The van der Waals surface area contributed by atoms with E-state index in [0.29, 0.717) is 31.5 Å². The van der Waals surface area contributed by atoms with Gasteiger partial charge in [-0.3, -0.25) is 0 Å². The second kappa shape index (κ2) is 7.86. The molecule has 1 unspecified atom stereocenters. The predicted octanol–water partition coefficient (Wildman–Crippen LogP) is 0.578. The van der Waals surface area contributed by atoms with Crippen molar-refractivity contribution >= 4 is 16.4 Å². The van der Waals surface area contributed by atoms with Crippen LogP contribution in [0.5, 0.6) is 0 Å². The molecule has 130 valence electrons. The summed E-state index contributed by atoms with van der Waals surface area (Å²) in [6.07, 6.45) is 4.85. The highest BCUT2D eigenvalue weighted by Crippen LogP contribution is 2.24. The van der Waals surface area contributed by atoms with Gasteiger partial charge in [0, 0.05) is 12.6 Å². The molecule has 0 bridgehead atoms. The first-order valence-electron chi connectivity index (χ1n) is 7.48. The van der Waals surface area contributed by atoms with Crippen LogP contribution in [0.4, 0.5) is 0 Å². The predicted molar refractivity (Wildman–Crippen MR) is 79.6 cm³/mol. The first-order chi connectivity index (χ1) is 10.9.